The smallest absolute Gasteiger partial charge is 0.177 e. The van der Waals surface area contributed by atoms with Gasteiger partial charge >= 0.3 is 0 Å². The molecule has 0 saturated carbocycles. The van der Waals surface area contributed by atoms with Crippen molar-refractivity contribution in [1.29, 1.82) is 0 Å². The molecule has 0 amide bonds. The highest BCUT2D eigenvalue weighted by atomic mass is 32.2. The van der Waals surface area contributed by atoms with Gasteiger partial charge < -0.3 is 10.8 Å². The number of aliphatic hydroxyl groups excluding tert-OH is 1. The summed E-state index contributed by atoms with van der Waals surface area (Å²) in [7, 11) is -3.22. The zero-order valence-electron chi connectivity index (χ0n) is 7.71. The fourth-order valence-corrected chi connectivity index (χ4v) is 1.48. The van der Waals surface area contributed by atoms with E-state index in [2.05, 4.69) is 4.98 Å². The molecular weight excluding hydrogens is 204 g/mol. The van der Waals surface area contributed by atoms with Crippen molar-refractivity contribution in [3.05, 3.63) is 24.0 Å². The Hall–Kier alpha value is -0.980. The van der Waals surface area contributed by atoms with Gasteiger partial charge in [0.1, 0.15) is 0 Å². The molecule has 14 heavy (non-hydrogen) atoms. The lowest BCUT2D eigenvalue weighted by Crippen LogP contribution is -2.16. The highest BCUT2D eigenvalue weighted by Gasteiger charge is 2.09. The second-order valence-corrected chi connectivity index (χ2v) is 5.00. The van der Waals surface area contributed by atoms with E-state index in [4.69, 9.17) is 10.8 Å². The quantitative estimate of drug-likeness (QED) is 0.709. The summed E-state index contributed by atoms with van der Waals surface area (Å²) >= 11 is 0. The van der Waals surface area contributed by atoms with E-state index < -0.39 is 15.9 Å². The topological polar surface area (TPSA) is 93.3 Å². The van der Waals surface area contributed by atoms with Crippen molar-refractivity contribution in [2.75, 3.05) is 12.9 Å². The van der Waals surface area contributed by atoms with Gasteiger partial charge in [-0.3, -0.25) is 4.98 Å². The second kappa shape index (κ2) is 4.04. The molecule has 1 rings (SSSR count). The third kappa shape index (κ3) is 2.50. The maximum absolute atomic E-state index is 11.1. The molecule has 0 aromatic carbocycles. The number of aromatic nitrogens is 1. The van der Waals surface area contributed by atoms with E-state index in [9.17, 15) is 8.42 Å². The summed E-state index contributed by atoms with van der Waals surface area (Å²) in [4.78, 5) is 4.00. The number of pyridine rings is 1. The largest absolute Gasteiger partial charge is 0.394 e. The lowest BCUT2D eigenvalue weighted by Gasteiger charge is -2.07. The van der Waals surface area contributed by atoms with Gasteiger partial charge in [0.15, 0.2) is 9.84 Å². The van der Waals surface area contributed by atoms with E-state index >= 15 is 0 Å². The highest BCUT2D eigenvalue weighted by molar-refractivity contribution is 7.90. The van der Waals surface area contributed by atoms with Crippen LogP contribution in [0.4, 0.5) is 0 Å². The molecule has 0 aliphatic carbocycles. The first-order valence-corrected chi connectivity index (χ1v) is 5.86. The van der Waals surface area contributed by atoms with Crippen molar-refractivity contribution in [1.82, 2.24) is 4.98 Å². The zero-order valence-corrected chi connectivity index (χ0v) is 8.53. The lowest BCUT2D eigenvalue weighted by atomic mass is 10.2. The van der Waals surface area contributed by atoms with Gasteiger partial charge in [-0.25, -0.2) is 8.42 Å². The summed E-state index contributed by atoms with van der Waals surface area (Å²) < 4.78 is 22.1. The van der Waals surface area contributed by atoms with Crippen LogP contribution < -0.4 is 5.73 Å². The van der Waals surface area contributed by atoms with Crippen LogP contribution in [0.5, 0.6) is 0 Å². The molecule has 6 heteroatoms. The number of nitrogens with two attached hydrogens (primary N) is 1. The Labute approximate surface area is 82.5 Å². The molecule has 0 unspecified atom stereocenters. The van der Waals surface area contributed by atoms with E-state index in [1.54, 1.807) is 0 Å². The highest BCUT2D eigenvalue weighted by Crippen LogP contribution is 2.10. The van der Waals surface area contributed by atoms with E-state index in [-0.39, 0.29) is 11.5 Å². The van der Waals surface area contributed by atoms with Crippen molar-refractivity contribution in [2.45, 2.75) is 10.9 Å². The van der Waals surface area contributed by atoms with Gasteiger partial charge in [0.05, 0.1) is 23.2 Å². The van der Waals surface area contributed by atoms with Gasteiger partial charge in [-0.15, -0.1) is 0 Å². The van der Waals surface area contributed by atoms with Crippen molar-refractivity contribution in [2.24, 2.45) is 5.73 Å². The predicted octanol–water partition coefficient (Wildman–Crippen LogP) is -0.523. The SMILES string of the molecule is CS(=O)(=O)c1ccc([C@H](N)CO)nc1. The summed E-state index contributed by atoms with van der Waals surface area (Å²) in [5.74, 6) is 0. The molecule has 0 saturated heterocycles. The van der Waals surface area contributed by atoms with Crippen LogP contribution >= 0.6 is 0 Å². The van der Waals surface area contributed by atoms with Gasteiger partial charge in [0, 0.05) is 12.5 Å². The van der Waals surface area contributed by atoms with Crippen LogP contribution in [0.2, 0.25) is 0 Å². The van der Waals surface area contributed by atoms with Crippen LogP contribution in [0.15, 0.2) is 23.2 Å². The molecule has 0 fully saturated rings. The van der Waals surface area contributed by atoms with E-state index in [0.29, 0.717) is 5.69 Å². The van der Waals surface area contributed by atoms with Gasteiger partial charge in [-0.2, -0.15) is 0 Å². The second-order valence-electron chi connectivity index (χ2n) is 2.98. The average molecular weight is 216 g/mol. The molecule has 1 aromatic rings. The Balaban J connectivity index is 3.01. The minimum Gasteiger partial charge on any atom is -0.394 e. The monoisotopic (exact) mass is 216 g/mol. The van der Waals surface area contributed by atoms with E-state index in [1.165, 1.54) is 18.3 Å². The molecule has 0 spiro atoms. The predicted molar refractivity (Wildman–Crippen MR) is 51.4 cm³/mol. The normalized spacial score (nSPS) is 13.9. The van der Waals surface area contributed by atoms with Crippen LogP contribution in [0, 0.1) is 0 Å². The fourth-order valence-electron chi connectivity index (χ4n) is 0.924. The molecule has 1 heterocycles. The summed E-state index contributed by atoms with van der Waals surface area (Å²) in [5.41, 5.74) is 5.96. The first-order valence-electron chi connectivity index (χ1n) is 3.97. The van der Waals surface area contributed by atoms with Crippen LogP contribution in [-0.2, 0) is 9.84 Å². The molecule has 0 radical (unpaired) electrons. The van der Waals surface area contributed by atoms with E-state index in [1.807, 2.05) is 0 Å². The molecule has 78 valence electrons. The number of hydrogen-bond donors (Lipinski definition) is 2. The Bertz CT molecular complexity index is 399. The first kappa shape index (κ1) is 11.1. The lowest BCUT2D eigenvalue weighted by molar-refractivity contribution is 0.266. The summed E-state index contributed by atoms with van der Waals surface area (Å²) in [6, 6.07) is 2.35. The fraction of sp³-hybridized carbons (Fsp3) is 0.375. The Kier molecular flexibility index (Phi) is 3.20. The average Bonchev–Trinajstić information content (AvgIpc) is 2.15. The van der Waals surface area contributed by atoms with Crippen molar-refractivity contribution in [3.63, 3.8) is 0 Å². The molecular formula is C8H12N2O3S. The third-order valence-electron chi connectivity index (χ3n) is 1.76. The molecule has 1 aromatic heterocycles. The molecule has 0 bridgehead atoms. The van der Waals surface area contributed by atoms with Crippen molar-refractivity contribution >= 4 is 9.84 Å². The number of aliphatic hydroxyl groups is 1. The molecule has 0 aliphatic heterocycles. The minimum atomic E-state index is -3.22. The minimum absolute atomic E-state index is 0.145. The summed E-state index contributed by atoms with van der Waals surface area (Å²) in [6.07, 6.45) is 2.34. The molecule has 3 N–H and O–H groups in total. The van der Waals surface area contributed by atoms with Crippen LogP contribution in [0.25, 0.3) is 0 Å². The number of rotatable bonds is 3. The Morgan fingerprint density at radius 3 is 2.57 bits per heavy atom. The number of hydrogen-bond acceptors (Lipinski definition) is 5. The molecule has 5 nitrogen and oxygen atoms in total. The Morgan fingerprint density at radius 1 is 1.57 bits per heavy atom. The maximum atomic E-state index is 11.1. The van der Waals surface area contributed by atoms with Gasteiger partial charge in [0.2, 0.25) is 0 Å². The number of nitrogens with zero attached hydrogens (tertiary/aromatic N) is 1. The van der Waals surface area contributed by atoms with Gasteiger partial charge in [0.25, 0.3) is 0 Å². The van der Waals surface area contributed by atoms with Gasteiger partial charge in [-0.1, -0.05) is 0 Å². The van der Waals surface area contributed by atoms with Gasteiger partial charge in [-0.05, 0) is 12.1 Å². The molecule has 0 aliphatic rings. The Morgan fingerprint density at radius 2 is 2.21 bits per heavy atom. The summed E-state index contributed by atoms with van der Waals surface area (Å²) in [6.45, 7) is -0.217. The third-order valence-corrected chi connectivity index (χ3v) is 2.86. The van der Waals surface area contributed by atoms with Crippen LogP contribution in [0.3, 0.4) is 0 Å². The van der Waals surface area contributed by atoms with Crippen molar-refractivity contribution < 1.29 is 13.5 Å². The first-order chi connectivity index (χ1) is 6.45. The molecule has 1 atom stereocenters. The van der Waals surface area contributed by atoms with Crippen LogP contribution in [0.1, 0.15) is 11.7 Å². The number of sulfone groups is 1. The zero-order chi connectivity index (χ0) is 10.8. The maximum Gasteiger partial charge on any atom is 0.177 e. The van der Waals surface area contributed by atoms with E-state index in [0.717, 1.165) is 6.26 Å². The summed E-state index contributed by atoms with van der Waals surface area (Å²) in [5, 5.41) is 8.73. The standard InChI is InChI=1S/C8H12N2O3S/c1-14(12,13)6-2-3-8(10-4-6)7(9)5-11/h2-4,7,11H,5,9H2,1H3/t7-/m1/s1. The van der Waals surface area contributed by atoms with Crippen LogP contribution in [-0.4, -0.2) is 31.4 Å². The van der Waals surface area contributed by atoms with Crippen molar-refractivity contribution in [3.8, 4) is 0 Å².